The van der Waals surface area contributed by atoms with E-state index in [0.717, 1.165) is 9.13 Å². The lowest BCUT2D eigenvalue weighted by Gasteiger charge is -2.13. The van der Waals surface area contributed by atoms with E-state index < -0.39 is 15.8 Å². The molecule has 0 fully saturated rings. The molecule has 2 aromatic carbocycles. The van der Waals surface area contributed by atoms with Crippen molar-refractivity contribution in [3.8, 4) is 0 Å². The van der Waals surface area contributed by atoms with Gasteiger partial charge in [0.25, 0.3) is 10.0 Å². The summed E-state index contributed by atoms with van der Waals surface area (Å²) in [4.78, 5) is 0.125. The SMILES string of the molecule is Cc1ccc(NS(=O)(=O)c2c(C)cc(F)cc2C)cc1I. The first-order valence-corrected chi connectivity index (χ1v) is 8.82. The van der Waals surface area contributed by atoms with Gasteiger partial charge in [0.1, 0.15) is 5.82 Å². The summed E-state index contributed by atoms with van der Waals surface area (Å²) in [6, 6.07) is 7.77. The zero-order chi connectivity index (χ0) is 15.8. The summed E-state index contributed by atoms with van der Waals surface area (Å²) in [5.74, 6) is -0.436. The molecule has 0 aromatic heterocycles. The molecule has 2 rings (SSSR count). The monoisotopic (exact) mass is 419 g/mol. The number of rotatable bonds is 3. The van der Waals surface area contributed by atoms with Crippen molar-refractivity contribution in [3.05, 3.63) is 56.4 Å². The van der Waals surface area contributed by atoms with E-state index in [1.54, 1.807) is 26.0 Å². The Morgan fingerprint density at radius 2 is 1.57 bits per heavy atom. The molecular weight excluding hydrogens is 404 g/mol. The van der Waals surface area contributed by atoms with Gasteiger partial charge in [0.2, 0.25) is 0 Å². The number of sulfonamides is 1. The number of nitrogens with one attached hydrogen (secondary N) is 1. The van der Waals surface area contributed by atoms with Gasteiger partial charge in [-0.1, -0.05) is 6.07 Å². The second-order valence-electron chi connectivity index (χ2n) is 4.94. The third-order valence-electron chi connectivity index (χ3n) is 3.12. The van der Waals surface area contributed by atoms with Gasteiger partial charge in [0.15, 0.2) is 0 Å². The molecule has 1 N–H and O–H groups in total. The molecule has 0 aliphatic heterocycles. The maximum atomic E-state index is 13.3. The molecule has 0 saturated heterocycles. The third-order valence-corrected chi connectivity index (χ3v) is 5.97. The van der Waals surface area contributed by atoms with Gasteiger partial charge in [-0.25, -0.2) is 12.8 Å². The molecule has 0 bridgehead atoms. The molecular formula is C15H15FINO2S. The molecule has 0 amide bonds. The third kappa shape index (κ3) is 3.55. The van der Waals surface area contributed by atoms with Crippen molar-refractivity contribution in [1.82, 2.24) is 0 Å². The fourth-order valence-electron chi connectivity index (χ4n) is 2.18. The summed E-state index contributed by atoms with van der Waals surface area (Å²) in [5.41, 5.74) is 2.35. The summed E-state index contributed by atoms with van der Waals surface area (Å²) in [6.45, 7) is 5.13. The van der Waals surface area contributed by atoms with E-state index in [9.17, 15) is 12.8 Å². The lowest BCUT2D eigenvalue weighted by atomic mass is 10.1. The molecule has 3 nitrogen and oxygen atoms in total. The van der Waals surface area contributed by atoms with Gasteiger partial charge in [-0.2, -0.15) is 0 Å². The molecule has 0 heterocycles. The van der Waals surface area contributed by atoms with E-state index in [-0.39, 0.29) is 4.90 Å². The van der Waals surface area contributed by atoms with Crippen LogP contribution in [-0.4, -0.2) is 8.42 Å². The molecule has 0 radical (unpaired) electrons. The highest BCUT2D eigenvalue weighted by Crippen LogP contribution is 2.25. The van der Waals surface area contributed by atoms with Crippen LogP contribution in [0.15, 0.2) is 35.2 Å². The predicted octanol–water partition coefficient (Wildman–Crippen LogP) is 4.16. The molecule has 0 spiro atoms. The van der Waals surface area contributed by atoms with Crippen LogP contribution in [0.3, 0.4) is 0 Å². The highest BCUT2D eigenvalue weighted by molar-refractivity contribution is 14.1. The highest BCUT2D eigenvalue weighted by Gasteiger charge is 2.20. The fraction of sp³-hybridized carbons (Fsp3) is 0.200. The average Bonchev–Trinajstić information content (AvgIpc) is 2.31. The standard InChI is InChI=1S/C15H15FINO2S/c1-9-4-5-13(8-14(9)17)18-21(19,20)15-10(2)6-12(16)7-11(15)3/h4-8,18H,1-3H3. The topological polar surface area (TPSA) is 46.2 Å². The van der Waals surface area contributed by atoms with E-state index in [1.165, 1.54) is 12.1 Å². The van der Waals surface area contributed by atoms with Crippen LogP contribution in [0.1, 0.15) is 16.7 Å². The van der Waals surface area contributed by atoms with Crippen molar-refractivity contribution < 1.29 is 12.8 Å². The number of anilines is 1. The summed E-state index contributed by atoms with van der Waals surface area (Å²) < 4.78 is 41.9. The second kappa shape index (κ2) is 5.92. The molecule has 6 heteroatoms. The lowest BCUT2D eigenvalue weighted by Crippen LogP contribution is -2.16. The van der Waals surface area contributed by atoms with E-state index in [0.29, 0.717) is 16.8 Å². The first-order valence-electron chi connectivity index (χ1n) is 6.26. The minimum absolute atomic E-state index is 0.125. The molecule has 21 heavy (non-hydrogen) atoms. The second-order valence-corrected chi connectivity index (χ2v) is 7.72. The number of benzene rings is 2. The van der Waals surface area contributed by atoms with Crippen LogP contribution in [0.2, 0.25) is 0 Å². The molecule has 112 valence electrons. The minimum Gasteiger partial charge on any atom is -0.280 e. The number of halogens is 2. The quantitative estimate of drug-likeness (QED) is 0.760. The van der Waals surface area contributed by atoms with E-state index in [2.05, 4.69) is 27.3 Å². The maximum Gasteiger partial charge on any atom is 0.262 e. The van der Waals surface area contributed by atoms with Gasteiger partial charge in [-0.15, -0.1) is 0 Å². The van der Waals surface area contributed by atoms with Crippen LogP contribution < -0.4 is 4.72 Å². The molecule has 0 aliphatic rings. The number of hydrogen-bond acceptors (Lipinski definition) is 2. The Labute approximate surface area is 137 Å². The highest BCUT2D eigenvalue weighted by atomic mass is 127. The largest absolute Gasteiger partial charge is 0.280 e. The molecule has 0 unspecified atom stereocenters. The van der Waals surface area contributed by atoms with Gasteiger partial charge in [-0.3, -0.25) is 4.72 Å². The minimum atomic E-state index is -3.74. The van der Waals surface area contributed by atoms with Crippen LogP contribution in [0, 0.1) is 30.2 Å². The van der Waals surface area contributed by atoms with E-state index >= 15 is 0 Å². The zero-order valence-electron chi connectivity index (χ0n) is 11.9. The Morgan fingerprint density at radius 3 is 2.10 bits per heavy atom. The van der Waals surface area contributed by atoms with Crippen molar-refractivity contribution in [2.75, 3.05) is 4.72 Å². The van der Waals surface area contributed by atoms with Gasteiger partial charge in [0, 0.05) is 9.26 Å². The van der Waals surface area contributed by atoms with Crippen LogP contribution in [0.4, 0.5) is 10.1 Å². The first kappa shape index (κ1) is 16.2. The van der Waals surface area contributed by atoms with Gasteiger partial charge in [0.05, 0.1) is 4.90 Å². The zero-order valence-corrected chi connectivity index (χ0v) is 14.8. The van der Waals surface area contributed by atoms with Crippen molar-refractivity contribution in [2.45, 2.75) is 25.7 Å². The van der Waals surface area contributed by atoms with Crippen molar-refractivity contribution in [3.63, 3.8) is 0 Å². The molecule has 0 atom stereocenters. The summed E-state index contributed by atoms with van der Waals surface area (Å²) >= 11 is 2.15. The summed E-state index contributed by atoms with van der Waals surface area (Å²) in [7, 11) is -3.74. The van der Waals surface area contributed by atoms with Crippen LogP contribution in [0.25, 0.3) is 0 Å². The van der Waals surface area contributed by atoms with Crippen molar-refractivity contribution in [2.24, 2.45) is 0 Å². The average molecular weight is 419 g/mol. The van der Waals surface area contributed by atoms with Crippen molar-refractivity contribution in [1.29, 1.82) is 0 Å². The number of hydrogen-bond donors (Lipinski definition) is 1. The molecule has 2 aromatic rings. The Bertz CT molecular complexity index is 780. The van der Waals surface area contributed by atoms with E-state index in [4.69, 9.17) is 0 Å². The van der Waals surface area contributed by atoms with Gasteiger partial charge >= 0.3 is 0 Å². The predicted molar refractivity (Wildman–Crippen MR) is 90.6 cm³/mol. The fourth-order valence-corrected chi connectivity index (χ4v) is 4.20. The van der Waals surface area contributed by atoms with Crippen LogP contribution in [-0.2, 0) is 10.0 Å². The Hall–Kier alpha value is -1.15. The van der Waals surface area contributed by atoms with Gasteiger partial charge < -0.3 is 0 Å². The van der Waals surface area contributed by atoms with Gasteiger partial charge in [-0.05, 0) is 84.3 Å². The maximum absolute atomic E-state index is 13.3. The van der Waals surface area contributed by atoms with E-state index in [1.807, 2.05) is 13.0 Å². The first-order chi connectivity index (χ1) is 9.70. The Morgan fingerprint density at radius 1 is 1.00 bits per heavy atom. The van der Waals surface area contributed by atoms with Crippen LogP contribution in [0.5, 0.6) is 0 Å². The summed E-state index contributed by atoms with van der Waals surface area (Å²) in [6.07, 6.45) is 0. The Balaban J connectivity index is 2.46. The normalized spacial score (nSPS) is 11.5. The smallest absolute Gasteiger partial charge is 0.262 e. The molecule has 0 saturated carbocycles. The van der Waals surface area contributed by atoms with Crippen molar-refractivity contribution >= 4 is 38.3 Å². The number of aryl methyl sites for hydroxylation is 3. The summed E-state index contributed by atoms with van der Waals surface area (Å²) in [5, 5.41) is 0. The lowest BCUT2D eigenvalue weighted by molar-refractivity contribution is 0.597. The van der Waals surface area contributed by atoms with Crippen LogP contribution >= 0.6 is 22.6 Å². The molecule has 0 aliphatic carbocycles. The Kier molecular flexibility index (Phi) is 4.57.